The van der Waals surface area contributed by atoms with Crippen LogP contribution in [0.3, 0.4) is 0 Å². The summed E-state index contributed by atoms with van der Waals surface area (Å²) in [6.45, 7) is -2.93. The van der Waals surface area contributed by atoms with Crippen molar-refractivity contribution >= 4 is 5.91 Å². The lowest BCUT2D eigenvalue weighted by atomic mass is 10.1. The number of halogens is 2. The van der Waals surface area contributed by atoms with Crippen LogP contribution in [0.2, 0.25) is 0 Å². The first-order chi connectivity index (χ1) is 13.5. The second-order valence-electron chi connectivity index (χ2n) is 5.58. The Bertz CT molecular complexity index is 983. The van der Waals surface area contributed by atoms with Gasteiger partial charge in [-0.25, -0.2) is 19.9 Å². The lowest BCUT2D eigenvalue weighted by Gasteiger charge is -2.11. The third-order valence-electron chi connectivity index (χ3n) is 3.63. The van der Waals surface area contributed by atoms with Gasteiger partial charge < -0.3 is 15.2 Å². The molecule has 2 N–H and O–H groups in total. The van der Waals surface area contributed by atoms with E-state index in [0.29, 0.717) is 28.9 Å². The standard InChI is InChI=1S/C18H15F2N5O3/c1-27-17-14(11-3-2-4-13(6-11)28-18(19)20)25-12(9-24-17)5-10-7-22-16(15(21)26)23-8-10/h2-4,6-9,18H,5H2,1H3,(H2,21,26). The number of rotatable bonds is 7. The van der Waals surface area contributed by atoms with Crippen LogP contribution in [0, 0.1) is 0 Å². The highest BCUT2D eigenvalue weighted by Gasteiger charge is 2.14. The van der Waals surface area contributed by atoms with Gasteiger partial charge in [-0.3, -0.25) is 4.79 Å². The first kappa shape index (κ1) is 19.1. The SMILES string of the molecule is COc1ncc(Cc2cnc(C(N)=O)nc2)nc1-c1cccc(OC(F)F)c1. The normalized spacial score (nSPS) is 10.7. The number of primary amides is 1. The van der Waals surface area contributed by atoms with Crippen molar-refractivity contribution in [3.8, 4) is 22.9 Å². The zero-order valence-electron chi connectivity index (χ0n) is 14.7. The van der Waals surface area contributed by atoms with Crippen LogP contribution in [-0.2, 0) is 6.42 Å². The van der Waals surface area contributed by atoms with Gasteiger partial charge in [0.05, 0.1) is 19.0 Å². The first-order valence-electron chi connectivity index (χ1n) is 8.02. The van der Waals surface area contributed by atoms with Crippen molar-refractivity contribution in [2.45, 2.75) is 13.0 Å². The molecule has 0 fully saturated rings. The predicted molar refractivity (Wildman–Crippen MR) is 94.0 cm³/mol. The summed E-state index contributed by atoms with van der Waals surface area (Å²) in [6.07, 6.45) is 4.78. The molecular weight excluding hydrogens is 372 g/mol. The zero-order valence-corrected chi connectivity index (χ0v) is 14.7. The Morgan fingerprint density at radius 3 is 2.57 bits per heavy atom. The number of methoxy groups -OCH3 is 1. The lowest BCUT2D eigenvalue weighted by molar-refractivity contribution is -0.0498. The Kier molecular flexibility index (Phi) is 5.68. The number of hydrogen-bond acceptors (Lipinski definition) is 7. The number of alkyl halides is 2. The molecular formula is C18H15F2N5O3. The average Bonchev–Trinajstić information content (AvgIpc) is 2.68. The minimum atomic E-state index is -2.93. The molecule has 0 saturated carbocycles. The van der Waals surface area contributed by atoms with Crippen LogP contribution >= 0.6 is 0 Å². The van der Waals surface area contributed by atoms with Crippen LogP contribution in [-0.4, -0.2) is 39.6 Å². The van der Waals surface area contributed by atoms with Gasteiger partial charge in [0, 0.05) is 24.4 Å². The van der Waals surface area contributed by atoms with E-state index >= 15 is 0 Å². The van der Waals surface area contributed by atoms with E-state index in [2.05, 4.69) is 24.7 Å². The molecule has 1 aromatic carbocycles. The Hall–Kier alpha value is -3.69. The topological polar surface area (TPSA) is 113 Å². The lowest BCUT2D eigenvalue weighted by Crippen LogP contribution is -2.15. The molecule has 1 amide bonds. The van der Waals surface area contributed by atoms with E-state index in [1.165, 1.54) is 37.8 Å². The van der Waals surface area contributed by atoms with Crippen LogP contribution in [0.4, 0.5) is 8.78 Å². The number of nitrogens with two attached hydrogens (primary N) is 1. The fraction of sp³-hybridized carbons (Fsp3) is 0.167. The molecule has 3 aromatic rings. The first-order valence-corrected chi connectivity index (χ1v) is 8.02. The minimum absolute atomic E-state index is 0.00260. The summed E-state index contributed by atoms with van der Waals surface area (Å²) in [4.78, 5) is 27.5. The molecule has 0 aliphatic rings. The predicted octanol–water partition coefficient (Wildman–Crippen LogP) is 2.23. The Morgan fingerprint density at radius 1 is 1.18 bits per heavy atom. The van der Waals surface area contributed by atoms with E-state index in [4.69, 9.17) is 10.5 Å². The van der Waals surface area contributed by atoms with E-state index in [1.807, 2.05) is 0 Å². The molecule has 0 radical (unpaired) electrons. The van der Waals surface area contributed by atoms with E-state index in [1.54, 1.807) is 12.1 Å². The maximum absolute atomic E-state index is 12.5. The van der Waals surface area contributed by atoms with Crippen LogP contribution < -0.4 is 15.2 Å². The van der Waals surface area contributed by atoms with Crippen molar-refractivity contribution in [3.05, 3.63) is 59.9 Å². The summed E-state index contributed by atoms with van der Waals surface area (Å²) in [6, 6.07) is 6.08. The third-order valence-corrected chi connectivity index (χ3v) is 3.63. The molecule has 0 atom stereocenters. The van der Waals surface area contributed by atoms with Crippen molar-refractivity contribution in [1.82, 2.24) is 19.9 Å². The number of carbonyl (C=O) groups is 1. The number of hydrogen-bond donors (Lipinski definition) is 1. The van der Waals surface area contributed by atoms with Gasteiger partial charge in [-0.2, -0.15) is 8.78 Å². The van der Waals surface area contributed by atoms with E-state index in [9.17, 15) is 13.6 Å². The van der Waals surface area contributed by atoms with Crippen molar-refractivity contribution in [1.29, 1.82) is 0 Å². The van der Waals surface area contributed by atoms with E-state index < -0.39 is 12.5 Å². The number of amides is 1. The van der Waals surface area contributed by atoms with Gasteiger partial charge in [0.2, 0.25) is 11.7 Å². The molecule has 0 unspecified atom stereocenters. The summed E-state index contributed by atoms with van der Waals surface area (Å²) < 4.78 is 34.6. The van der Waals surface area contributed by atoms with Crippen molar-refractivity contribution < 1.29 is 23.0 Å². The minimum Gasteiger partial charge on any atom is -0.479 e. The van der Waals surface area contributed by atoms with Crippen LogP contribution in [0.25, 0.3) is 11.3 Å². The Balaban J connectivity index is 1.91. The highest BCUT2D eigenvalue weighted by molar-refractivity contribution is 5.88. The summed E-state index contributed by atoms with van der Waals surface area (Å²) in [5.74, 6) is -0.569. The summed E-state index contributed by atoms with van der Waals surface area (Å²) in [7, 11) is 1.43. The fourth-order valence-corrected chi connectivity index (χ4v) is 2.44. The van der Waals surface area contributed by atoms with Crippen molar-refractivity contribution in [3.63, 3.8) is 0 Å². The molecule has 2 heterocycles. The summed E-state index contributed by atoms with van der Waals surface area (Å²) in [5, 5.41) is 0. The highest BCUT2D eigenvalue weighted by Crippen LogP contribution is 2.29. The molecule has 8 nitrogen and oxygen atoms in total. The smallest absolute Gasteiger partial charge is 0.387 e. The monoisotopic (exact) mass is 387 g/mol. The molecule has 144 valence electrons. The highest BCUT2D eigenvalue weighted by atomic mass is 19.3. The molecule has 0 bridgehead atoms. The van der Waals surface area contributed by atoms with Gasteiger partial charge in [-0.05, 0) is 17.7 Å². The van der Waals surface area contributed by atoms with Gasteiger partial charge in [0.1, 0.15) is 11.4 Å². The molecule has 0 aliphatic carbocycles. The third kappa shape index (κ3) is 4.53. The molecule has 10 heteroatoms. The van der Waals surface area contributed by atoms with Crippen LogP contribution in [0.5, 0.6) is 11.6 Å². The van der Waals surface area contributed by atoms with Gasteiger partial charge in [-0.15, -0.1) is 0 Å². The number of benzene rings is 1. The quantitative estimate of drug-likeness (QED) is 0.661. The van der Waals surface area contributed by atoms with Gasteiger partial charge >= 0.3 is 6.61 Å². The largest absolute Gasteiger partial charge is 0.479 e. The number of ether oxygens (including phenoxy) is 2. The van der Waals surface area contributed by atoms with Crippen molar-refractivity contribution in [2.75, 3.05) is 7.11 Å². The number of aromatic nitrogens is 4. The second kappa shape index (κ2) is 8.33. The number of carbonyl (C=O) groups excluding carboxylic acids is 1. The summed E-state index contributed by atoms with van der Waals surface area (Å²) in [5.41, 5.74) is 7.24. The van der Waals surface area contributed by atoms with Crippen LogP contribution in [0.15, 0.2) is 42.9 Å². The molecule has 2 aromatic heterocycles. The van der Waals surface area contributed by atoms with Gasteiger partial charge in [-0.1, -0.05) is 12.1 Å². The maximum atomic E-state index is 12.5. The van der Waals surface area contributed by atoms with Crippen LogP contribution in [0.1, 0.15) is 21.9 Å². The Labute approximate surface area is 158 Å². The van der Waals surface area contributed by atoms with E-state index in [0.717, 1.165) is 0 Å². The molecule has 0 aliphatic heterocycles. The average molecular weight is 387 g/mol. The maximum Gasteiger partial charge on any atom is 0.387 e. The molecule has 28 heavy (non-hydrogen) atoms. The fourth-order valence-electron chi connectivity index (χ4n) is 2.44. The zero-order chi connectivity index (χ0) is 20.1. The molecule has 0 spiro atoms. The van der Waals surface area contributed by atoms with Gasteiger partial charge in [0.15, 0.2) is 0 Å². The number of nitrogens with zero attached hydrogens (tertiary/aromatic N) is 4. The van der Waals surface area contributed by atoms with E-state index in [-0.39, 0.29) is 17.5 Å². The van der Waals surface area contributed by atoms with Crippen molar-refractivity contribution in [2.24, 2.45) is 5.73 Å². The second-order valence-corrected chi connectivity index (χ2v) is 5.58. The van der Waals surface area contributed by atoms with Gasteiger partial charge in [0.25, 0.3) is 5.91 Å². The molecule has 3 rings (SSSR count). The Morgan fingerprint density at radius 2 is 1.93 bits per heavy atom. The summed E-state index contributed by atoms with van der Waals surface area (Å²) >= 11 is 0. The molecule has 0 saturated heterocycles.